The quantitative estimate of drug-likeness (QED) is 0.311. The molecule has 1 aromatic heterocycles. The molecule has 0 aliphatic rings. The Morgan fingerprint density at radius 3 is 2.27 bits per heavy atom. The van der Waals surface area contributed by atoms with Crippen molar-refractivity contribution in [3.8, 4) is 16.9 Å². The maximum atomic E-state index is 5.90. The molecule has 0 unspecified atom stereocenters. The molecule has 0 saturated carbocycles. The Hall–Kier alpha value is -2.91. The van der Waals surface area contributed by atoms with Gasteiger partial charge in [0.25, 0.3) is 0 Å². The van der Waals surface area contributed by atoms with Gasteiger partial charge in [0.2, 0.25) is 11.0 Å². The molecule has 130 valence electrons. The van der Waals surface area contributed by atoms with Gasteiger partial charge in [0.1, 0.15) is 19.5 Å². The van der Waals surface area contributed by atoms with Crippen LogP contribution in [0.25, 0.3) is 32.9 Å². The zero-order valence-electron chi connectivity index (χ0n) is 15.4. The van der Waals surface area contributed by atoms with E-state index in [1.54, 1.807) is 0 Å². The number of rotatable bonds is 4. The van der Waals surface area contributed by atoms with Crippen LogP contribution in [0.15, 0.2) is 72.8 Å². The Bertz CT molecular complexity index is 1070. The fourth-order valence-electron chi connectivity index (χ4n) is 3.46. The smallest absolute Gasteiger partial charge is 0.217 e. The van der Waals surface area contributed by atoms with Crippen molar-refractivity contribution in [1.29, 1.82) is 0 Å². The van der Waals surface area contributed by atoms with Crippen molar-refractivity contribution < 1.29 is 9.30 Å². The lowest BCUT2D eigenvalue weighted by atomic mass is 9.96. The van der Waals surface area contributed by atoms with Gasteiger partial charge in [0.15, 0.2) is 0 Å². The first-order valence-electron chi connectivity index (χ1n) is 8.82. The second-order valence-corrected chi connectivity index (χ2v) is 6.85. The molecule has 0 aliphatic heterocycles. The first-order valence-corrected chi connectivity index (χ1v) is 8.82. The highest BCUT2D eigenvalue weighted by Gasteiger charge is 2.19. The van der Waals surface area contributed by atoms with Gasteiger partial charge in [-0.3, -0.25) is 4.90 Å². The third-order valence-electron chi connectivity index (χ3n) is 4.69. The highest BCUT2D eigenvalue weighted by atomic mass is 16.5. The molecular formula is C23H23N2O+. The van der Waals surface area contributed by atoms with Crippen LogP contribution in [0, 0.1) is 0 Å². The highest BCUT2D eigenvalue weighted by Crippen LogP contribution is 2.34. The second-order valence-electron chi connectivity index (χ2n) is 6.85. The summed E-state index contributed by atoms with van der Waals surface area (Å²) in [6.07, 6.45) is 0. The molecule has 0 atom stereocenters. The molecule has 26 heavy (non-hydrogen) atoms. The molecule has 0 radical (unpaired) electrons. The minimum Gasteiger partial charge on any atom is -0.478 e. The van der Waals surface area contributed by atoms with Crippen LogP contribution in [0.2, 0.25) is 0 Å². The van der Waals surface area contributed by atoms with Crippen LogP contribution in [-0.2, 0) is 7.05 Å². The zero-order valence-corrected chi connectivity index (χ0v) is 15.4. The summed E-state index contributed by atoms with van der Waals surface area (Å²) in [6, 6.07) is 25.6. The molecule has 3 nitrogen and oxygen atoms in total. The molecule has 0 aliphatic carbocycles. The number of fused-ring (bicyclic) bond motifs is 2. The number of hydrogen-bond donors (Lipinski definition) is 0. The van der Waals surface area contributed by atoms with Gasteiger partial charge in [0.05, 0.1) is 16.8 Å². The number of pyridine rings is 1. The number of benzene rings is 3. The molecule has 3 aromatic carbocycles. The summed E-state index contributed by atoms with van der Waals surface area (Å²) in [5, 5.41) is 2.49. The fourth-order valence-corrected chi connectivity index (χ4v) is 3.46. The number of ether oxygens (including phenoxy) is 1. The predicted octanol–water partition coefficient (Wildman–Crippen LogP) is 4.38. The lowest BCUT2D eigenvalue weighted by Gasteiger charge is -2.14. The van der Waals surface area contributed by atoms with E-state index < -0.39 is 0 Å². The van der Waals surface area contributed by atoms with Gasteiger partial charge in [-0.15, -0.1) is 0 Å². The molecule has 4 aromatic rings. The van der Waals surface area contributed by atoms with Gasteiger partial charge < -0.3 is 4.74 Å². The summed E-state index contributed by atoms with van der Waals surface area (Å²) < 4.78 is 8.15. The van der Waals surface area contributed by atoms with Crippen molar-refractivity contribution in [2.75, 3.05) is 20.8 Å². The summed E-state index contributed by atoms with van der Waals surface area (Å²) in [7, 11) is 6.12. The number of aromatic nitrogens is 1. The van der Waals surface area contributed by atoms with Crippen LogP contribution < -0.4 is 9.30 Å². The monoisotopic (exact) mass is 343 g/mol. The van der Waals surface area contributed by atoms with Crippen molar-refractivity contribution in [2.45, 2.75) is 0 Å². The Balaban J connectivity index is 2.02. The van der Waals surface area contributed by atoms with E-state index in [1.165, 1.54) is 32.9 Å². The largest absolute Gasteiger partial charge is 0.478 e. The minimum atomic E-state index is 0.564. The molecule has 1 heterocycles. The number of aryl methyl sites for hydroxylation is 1. The van der Waals surface area contributed by atoms with Crippen molar-refractivity contribution in [3.63, 3.8) is 0 Å². The topological polar surface area (TPSA) is 16.4 Å². The van der Waals surface area contributed by atoms with Crippen molar-refractivity contribution in [3.05, 3.63) is 72.8 Å². The summed E-state index contributed by atoms with van der Waals surface area (Å²) >= 11 is 0. The molecule has 0 N–H and O–H groups in total. The Kier molecular flexibility index (Phi) is 4.31. The normalized spacial score (nSPS) is 11.4. The van der Waals surface area contributed by atoms with E-state index in [0.29, 0.717) is 6.73 Å². The molecule has 0 amide bonds. The van der Waals surface area contributed by atoms with E-state index in [2.05, 4.69) is 84.4 Å². The van der Waals surface area contributed by atoms with E-state index in [0.717, 1.165) is 5.75 Å². The molecular weight excluding hydrogens is 320 g/mol. The molecule has 0 spiro atoms. The molecule has 0 saturated heterocycles. The van der Waals surface area contributed by atoms with Crippen LogP contribution in [0.5, 0.6) is 5.75 Å². The average molecular weight is 343 g/mol. The lowest BCUT2D eigenvalue weighted by molar-refractivity contribution is -0.617. The Morgan fingerprint density at radius 1 is 0.808 bits per heavy atom. The van der Waals surface area contributed by atoms with Crippen LogP contribution in [0.1, 0.15) is 0 Å². The van der Waals surface area contributed by atoms with Crippen LogP contribution in [0.3, 0.4) is 0 Å². The van der Waals surface area contributed by atoms with Gasteiger partial charge >= 0.3 is 0 Å². The maximum Gasteiger partial charge on any atom is 0.217 e. The van der Waals surface area contributed by atoms with Gasteiger partial charge in [0, 0.05) is 11.6 Å². The van der Waals surface area contributed by atoms with E-state index in [9.17, 15) is 0 Å². The summed E-state index contributed by atoms with van der Waals surface area (Å²) in [6.45, 7) is 0.564. The Labute approximate surface area is 154 Å². The fraction of sp³-hybridized carbons (Fsp3) is 0.174. The van der Waals surface area contributed by atoms with E-state index >= 15 is 0 Å². The third kappa shape index (κ3) is 2.91. The molecule has 3 heteroatoms. The number of hydrogen-bond acceptors (Lipinski definition) is 2. The van der Waals surface area contributed by atoms with Crippen LogP contribution in [-0.4, -0.2) is 25.7 Å². The standard InChI is InChI=1S/C23H23N2O/c1-24(2)16-26-18-13-14-20-22(15-18)25(3)21-12-8-7-11-19(21)23(20)17-9-5-4-6-10-17/h4-15H,16H2,1-3H3/q+1. The van der Waals surface area contributed by atoms with Gasteiger partial charge in [-0.25, -0.2) is 0 Å². The number of para-hydroxylation sites is 1. The average Bonchev–Trinajstić information content (AvgIpc) is 2.67. The van der Waals surface area contributed by atoms with E-state index in [1.807, 2.05) is 19.0 Å². The van der Waals surface area contributed by atoms with Crippen molar-refractivity contribution in [1.82, 2.24) is 4.90 Å². The maximum absolute atomic E-state index is 5.90. The minimum absolute atomic E-state index is 0.564. The van der Waals surface area contributed by atoms with Crippen LogP contribution in [0.4, 0.5) is 0 Å². The number of nitrogens with zero attached hydrogens (tertiary/aromatic N) is 2. The first-order chi connectivity index (χ1) is 12.6. The van der Waals surface area contributed by atoms with E-state index in [-0.39, 0.29) is 0 Å². The Morgan fingerprint density at radius 2 is 1.50 bits per heavy atom. The zero-order chi connectivity index (χ0) is 18.1. The molecule has 0 fully saturated rings. The lowest BCUT2D eigenvalue weighted by Crippen LogP contribution is -2.30. The highest BCUT2D eigenvalue weighted by molar-refractivity contribution is 6.07. The van der Waals surface area contributed by atoms with Gasteiger partial charge in [-0.2, -0.15) is 4.57 Å². The van der Waals surface area contributed by atoms with Gasteiger partial charge in [-0.05, 0) is 37.9 Å². The van der Waals surface area contributed by atoms with Crippen molar-refractivity contribution >= 4 is 21.8 Å². The van der Waals surface area contributed by atoms with Crippen LogP contribution >= 0.6 is 0 Å². The molecule has 0 bridgehead atoms. The third-order valence-corrected chi connectivity index (χ3v) is 4.69. The van der Waals surface area contributed by atoms with E-state index in [4.69, 9.17) is 4.74 Å². The SMILES string of the molecule is CN(C)COc1ccc2c(-c3ccccc3)c3ccccc3[n+](C)c2c1. The summed E-state index contributed by atoms with van der Waals surface area (Å²) in [5.41, 5.74) is 4.88. The summed E-state index contributed by atoms with van der Waals surface area (Å²) in [5.74, 6) is 0.885. The molecule has 4 rings (SSSR count). The first kappa shape index (κ1) is 16.6. The van der Waals surface area contributed by atoms with Crippen molar-refractivity contribution in [2.24, 2.45) is 7.05 Å². The van der Waals surface area contributed by atoms with Gasteiger partial charge in [-0.1, -0.05) is 42.5 Å². The predicted molar refractivity (Wildman–Crippen MR) is 107 cm³/mol. The second kappa shape index (κ2) is 6.77. The summed E-state index contributed by atoms with van der Waals surface area (Å²) in [4.78, 5) is 2.01.